The maximum atomic E-state index is 11.0. The van der Waals surface area contributed by atoms with Gasteiger partial charge in [-0.25, -0.2) is 0 Å². The van der Waals surface area contributed by atoms with Gasteiger partial charge in [-0.1, -0.05) is 26.5 Å². The summed E-state index contributed by atoms with van der Waals surface area (Å²) in [6.07, 6.45) is 5.93. The van der Waals surface area contributed by atoms with Crippen LogP contribution in [0.1, 0.15) is 39.5 Å². The molecule has 94 valence electrons. The highest BCUT2D eigenvalue weighted by Crippen LogP contribution is 2.61. The summed E-state index contributed by atoms with van der Waals surface area (Å²) < 4.78 is 0. The second-order valence-corrected chi connectivity index (χ2v) is 6.06. The first kappa shape index (κ1) is 12.6. The Morgan fingerprint density at radius 2 is 2.12 bits per heavy atom. The number of fused-ring (bicyclic) bond motifs is 1. The Morgan fingerprint density at radius 3 is 2.76 bits per heavy atom. The quantitative estimate of drug-likeness (QED) is 0.559. The fourth-order valence-electron chi connectivity index (χ4n) is 3.10. The molecule has 3 unspecified atom stereocenters. The van der Waals surface area contributed by atoms with Crippen molar-refractivity contribution in [3.8, 4) is 0 Å². The first-order valence-electron chi connectivity index (χ1n) is 6.48. The molecular weight excluding hydrogens is 212 g/mol. The van der Waals surface area contributed by atoms with Crippen LogP contribution >= 0.6 is 0 Å². The van der Waals surface area contributed by atoms with Gasteiger partial charge in [0.2, 0.25) is 0 Å². The summed E-state index contributed by atoms with van der Waals surface area (Å²) in [5.74, 6) is 1.17. The Kier molecular flexibility index (Phi) is 3.26. The zero-order valence-electron chi connectivity index (χ0n) is 10.8. The molecule has 1 fully saturated rings. The highest BCUT2D eigenvalue weighted by Gasteiger charge is 2.55. The van der Waals surface area contributed by atoms with Crippen LogP contribution in [0.4, 0.5) is 0 Å². The van der Waals surface area contributed by atoms with E-state index in [9.17, 15) is 9.90 Å². The summed E-state index contributed by atoms with van der Waals surface area (Å²) >= 11 is 0. The summed E-state index contributed by atoms with van der Waals surface area (Å²) in [6.45, 7) is 8.49. The average molecular weight is 234 g/mol. The maximum Gasteiger partial charge on any atom is 0.145 e. The third-order valence-electron chi connectivity index (χ3n) is 4.64. The number of hydrogen-bond acceptors (Lipinski definition) is 2. The molecule has 1 N–H and O–H groups in total. The zero-order valence-corrected chi connectivity index (χ0v) is 10.8. The van der Waals surface area contributed by atoms with Crippen molar-refractivity contribution in [2.45, 2.75) is 45.6 Å². The summed E-state index contributed by atoms with van der Waals surface area (Å²) in [5, 5.41) is 9.90. The van der Waals surface area contributed by atoms with Crippen molar-refractivity contribution in [1.82, 2.24) is 0 Å². The lowest BCUT2D eigenvalue weighted by Crippen LogP contribution is -2.11. The number of allylic oxidation sites excluding steroid dienone is 2. The molecular formula is C15H22O2. The van der Waals surface area contributed by atoms with Crippen LogP contribution in [-0.2, 0) is 4.79 Å². The van der Waals surface area contributed by atoms with Crippen molar-refractivity contribution in [2.24, 2.45) is 17.3 Å². The van der Waals surface area contributed by atoms with Crippen molar-refractivity contribution >= 4 is 6.29 Å². The Labute approximate surface area is 103 Å². The third-order valence-corrected chi connectivity index (χ3v) is 4.64. The largest absolute Gasteiger partial charge is 0.389 e. The molecule has 2 aliphatic rings. The summed E-state index contributed by atoms with van der Waals surface area (Å²) in [6, 6.07) is 0. The molecule has 0 spiro atoms. The van der Waals surface area contributed by atoms with Gasteiger partial charge in [-0.2, -0.15) is 0 Å². The molecule has 0 amide bonds. The molecule has 2 heteroatoms. The topological polar surface area (TPSA) is 37.3 Å². The van der Waals surface area contributed by atoms with E-state index >= 15 is 0 Å². The van der Waals surface area contributed by atoms with Crippen molar-refractivity contribution in [1.29, 1.82) is 0 Å². The molecule has 0 bridgehead atoms. The molecule has 0 aliphatic heterocycles. The molecule has 0 saturated heterocycles. The van der Waals surface area contributed by atoms with Crippen LogP contribution in [0.25, 0.3) is 0 Å². The molecule has 2 rings (SSSR count). The second kappa shape index (κ2) is 4.41. The molecule has 3 atom stereocenters. The van der Waals surface area contributed by atoms with E-state index in [0.29, 0.717) is 30.1 Å². The van der Waals surface area contributed by atoms with Crippen LogP contribution in [0, 0.1) is 17.3 Å². The van der Waals surface area contributed by atoms with Gasteiger partial charge in [0.1, 0.15) is 6.29 Å². The predicted molar refractivity (Wildman–Crippen MR) is 68.5 cm³/mol. The van der Waals surface area contributed by atoms with Crippen molar-refractivity contribution in [3.05, 3.63) is 23.8 Å². The fourth-order valence-corrected chi connectivity index (χ4v) is 3.10. The van der Waals surface area contributed by atoms with Crippen LogP contribution < -0.4 is 0 Å². The van der Waals surface area contributed by atoms with Crippen LogP contribution in [0.15, 0.2) is 23.8 Å². The highest BCUT2D eigenvalue weighted by atomic mass is 16.3. The van der Waals surface area contributed by atoms with Crippen molar-refractivity contribution in [2.75, 3.05) is 0 Å². The lowest BCUT2D eigenvalue weighted by atomic mass is 9.96. The van der Waals surface area contributed by atoms with Crippen molar-refractivity contribution in [3.63, 3.8) is 0 Å². The van der Waals surface area contributed by atoms with Gasteiger partial charge >= 0.3 is 0 Å². The minimum Gasteiger partial charge on any atom is -0.389 e. The number of aliphatic hydroxyl groups excluding tert-OH is 1. The summed E-state index contributed by atoms with van der Waals surface area (Å²) in [4.78, 5) is 11.0. The smallest absolute Gasteiger partial charge is 0.145 e. The number of carbonyl (C=O) groups is 1. The Balaban J connectivity index is 2.18. The summed E-state index contributed by atoms with van der Waals surface area (Å²) in [5.41, 5.74) is 2.09. The molecule has 0 radical (unpaired) electrons. The van der Waals surface area contributed by atoms with E-state index in [1.54, 1.807) is 0 Å². The van der Waals surface area contributed by atoms with E-state index in [2.05, 4.69) is 26.5 Å². The van der Waals surface area contributed by atoms with E-state index in [1.807, 2.05) is 0 Å². The van der Waals surface area contributed by atoms with Gasteiger partial charge in [0, 0.05) is 0 Å². The number of carbonyl (C=O) groups excluding carboxylic acids is 1. The standard InChI is InChI=1S/C15H22O2/c1-10-4-6-12-13(15(12,2)3)8-11(9-16)5-7-14(10)17/h8-9,12-14,17H,1,4-7H2,2-3H3. The monoisotopic (exact) mass is 234 g/mol. The first-order chi connectivity index (χ1) is 7.96. The number of aliphatic hydroxyl groups is 1. The number of aldehydes is 1. The number of rotatable bonds is 1. The lowest BCUT2D eigenvalue weighted by Gasteiger charge is -2.15. The lowest BCUT2D eigenvalue weighted by molar-refractivity contribution is -0.105. The van der Waals surface area contributed by atoms with Gasteiger partial charge in [-0.15, -0.1) is 0 Å². The van der Waals surface area contributed by atoms with E-state index in [-0.39, 0.29) is 0 Å². The minimum absolute atomic E-state index is 0.309. The van der Waals surface area contributed by atoms with Crippen LogP contribution in [0.5, 0.6) is 0 Å². The molecule has 17 heavy (non-hydrogen) atoms. The maximum absolute atomic E-state index is 11.0. The molecule has 1 saturated carbocycles. The third kappa shape index (κ3) is 2.37. The van der Waals surface area contributed by atoms with E-state index in [0.717, 1.165) is 30.3 Å². The Morgan fingerprint density at radius 1 is 1.41 bits per heavy atom. The molecule has 2 nitrogen and oxygen atoms in total. The molecule has 2 aliphatic carbocycles. The van der Waals surface area contributed by atoms with Gasteiger partial charge in [-0.05, 0) is 54.1 Å². The van der Waals surface area contributed by atoms with Crippen LogP contribution in [0.2, 0.25) is 0 Å². The highest BCUT2D eigenvalue weighted by molar-refractivity contribution is 5.73. The number of hydrogen-bond donors (Lipinski definition) is 1. The molecule has 0 aromatic rings. The van der Waals surface area contributed by atoms with E-state index in [4.69, 9.17) is 0 Å². The summed E-state index contributed by atoms with van der Waals surface area (Å²) in [7, 11) is 0. The molecule has 0 heterocycles. The zero-order chi connectivity index (χ0) is 12.6. The van der Waals surface area contributed by atoms with Crippen LogP contribution in [0.3, 0.4) is 0 Å². The van der Waals surface area contributed by atoms with Gasteiger partial charge in [0.25, 0.3) is 0 Å². The predicted octanol–water partition coefficient (Wildman–Crippen LogP) is 2.88. The van der Waals surface area contributed by atoms with Gasteiger partial charge in [-0.3, -0.25) is 4.79 Å². The Hall–Kier alpha value is -0.890. The average Bonchev–Trinajstić information content (AvgIpc) is 2.81. The van der Waals surface area contributed by atoms with Crippen LogP contribution in [-0.4, -0.2) is 17.5 Å². The van der Waals surface area contributed by atoms with Crippen molar-refractivity contribution < 1.29 is 9.90 Å². The SMILES string of the molecule is C=C1CCC2C(C=C(C=O)CCC1O)C2(C)C. The van der Waals surface area contributed by atoms with E-state index < -0.39 is 6.10 Å². The van der Waals surface area contributed by atoms with E-state index in [1.165, 1.54) is 0 Å². The Bertz CT molecular complexity index is 365. The van der Waals surface area contributed by atoms with Gasteiger partial charge in [0.15, 0.2) is 0 Å². The normalized spacial score (nSPS) is 36.8. The van der Waals surface area contributed by atoms with Gasteiger partial charge in [0.05, 0.1) is 6.10 Å². The first-order valence-corrected chi connectivity index (χ1v) is 6.48. The second-order valence-electron chi connectivity index (χ2n) is 6.06. The molecule has 0 aromatic heterocycles. The molecule has 0 aromatic carbocycles. The van der Waals surface area contributed by atoms with Gasteiger partial charge < -0.3 is 5.11 Å². The fraction of sp³-hybridized carbons (Fsp3) is 0.667. The minimum atomic E-state index is -0.447.